The number of carboxylic acids is 3. The van der Waals surface area contributed by atoms with Crippen molar-refractivity contribution >= 4 is 35.3 Å². The lowest BCUT2D eigenvalue weighted by atomic mass is 10.2. The van der Waals surface area contributed by atoms with Crippen molar-refractivity contribution in [3.05, 3.63) is 54.4 Å². The van der Waals surface area contributed by atoms with Gasteiger partial charge in [-0.05, 0) is 51.1 Å². The maximum Gasteiger partial charge on any atom is 0.490 e. The second-order valence-corrected chi connectivity index (χ2v) is 11.3. The molecule has 54 heavy (non-hydrogen) atoms. The first kappa shape index (κ1) is 44.9. The average Bonchev–Trinajstić information content (AvgIpc) is 3.73. The Morgan fingerprint density at radius 1 is 0.796 bits per heavy atom. The normalized spacial score (nSPS) is 16.6. The maximum absolute atomic E-state index is 13.1. The number of carboxylic acid groups (broad SMARTS) is 3. The fourth-order valence-electron chi connectivity index (χ4n) is 4.84. The van der Waals surface area contributed by atoms with E-state index in [1.807, 2.05) is 34.9 Å². The summed E-state index contributed by atoms with van der Waals surface area (Å²) in [6.45, 7) is 6.97. The van der Waals surface area contributed by atoms with Crippen molar-refractivity contribution in [2.45, 2.75) is 43.8 Å². The van der Waals surface area contributed by atoms with Crippen molar-refractivity contribution < 1.29 is 74.0 Å². The predicted molar refractivity (Wildman–Crippen MR) is 169 cm³/mol. The number of hydrogen-bond donors (Lipinski definition) is 4. The smallest absolute Gasteiger partial charge is 0.475 e. The molecule has 24 heteroatoms. The minimum atomic E-state index is -5.08. The van der Waals surface area contributed by atoms with E-state index < -0.39 is 36.4 Å². The van der Waals surface area contributed by atoms with E-state index in [9.17, 15) is 44.3 Å². The van der Waals surface area contributed by atoms with Gasteiger partial charge in [0.15, 0.2) is 5.69 Å². The van der Waals surface area contributed by atoms with Crippen LogP contribution >= 0.6 is 0 Å². The number of anilines is 1. The summed E-state index contributed by atoms with van der Waals surface area (Å²) >= 11 is 0. The van der Waals surface area contributed by atoms with Crippen LogP contribution in [0.5, 0.6) is 0 Å². The third-order valence-electron chi connectivity index (χ3n) is 7.41. The van der Waals surface area contributed by atoms with Gasteiger partial charge in [-0.2, -0.15) is 39.5 Å². The van der Waals surface area contributed by atoms with Crippen LogP contribution in [0.1, 0.15) is 41.6 Å². The van der Waals surface area contributed by atoms with Gasteiger partial charge in [-0.3, -0.25) is 4.79 Å². The molecule has 0 radical (unpaired) electrons. The number of nitrogens with one attached hydrogen (secondary N) is 1. The Hall–Kier alpha value is -5.26. The largest absolute Gasteiger partial charge is 0.490 e. The molecule has 1 unspecified atom stereocenters. The molecular formula is C30H35F9N8O7. The molecule has 0 bridgehead atoms. The molecule has 2 aliphatic heterocycles. The van der Waals surface area contributed by atoms with E-state index in [0.29, 0.717) is 18.2 Å². The molecule has 300 valence electrons. The summed E-state index contributed by atoms with van der Waals surface area (Å²) in [6.07, 6.45) is -6.79. The van der Waals surface area contributed by atoms with E-state index in [1.165, 1.54) is 0 Å². The van der Waals surface area contributed by atoms with Crippen molar-refractivity contribution in [2.24, 2.45) is 0 Å². The third kappa shape index (κ3) is 14.3. The number of imidazole rings is 1. The van der Waals surface area contributed by atoms with Crippen LogP contribution in [0, 0.1) is 0 Å². The van der Waals surface area contributed by atoms with E-state index in [-0.39, 0.29) is 11.9 Å². The van der Waals surface area contributed by atoms with Crippen molar-refractivity contribution in [3.8, 4) is 0 Å². The van der Waals surface area contributed by atoms with Crippen LogP contribution in [0.4, 0.5) is 45.5 Å². The molecular weight excluding hydrogens is 755 g/mol. The topological polar surface area (TPSA) is 194 Å². The van der Waals surface area contributed by atoms with E-state index in [0.717, 1.165) is 69.9 Å². The Labute approximate surface area is 300 Å². The van der Waals surface area contributed by atoms with Gasteiger partial charge in [0.1, 0.15) is 5.82 Å². The molecule has 15 nitrogen and oxygen atoms in total. The van der Waals surface area contributed by atoms with Gasteiger partial charge in [0, 0.05) is 57.9 Å². The Kier molecular flexibility index (Phi) is 16.4. The quantitative estimate of drug-likeness (QED) is 0.200. The third-order valence-corrected chi connectivity index (χ3v) is 7.41. The fraction of sp³-hybridized carbons (Fsp3) is 0.500. The summed E-state index contributed by atoms with van der Waals surface area (Å²) in [6, 6.07) is 7.77. The van der Waals surface area contributed by atoms with Gasteiger partial charge in [0.05, 0.1) is 11.6 Å². The number of aliphatic carboxylic acids is 3. The molecule has 0 aromatic carbocycles. The van der Waals surface area contributed by atoms with Gasteiger partial charge >= 0.3 is 36.4 Å². The van der Waals surface area contributed by atoms with Crippen LogP contribution in [-0.2, 0) is 14.4 Å². The van der Waals surface area contributed by atoms with Crippen LogP contribution < -0.4 is 10.2 Å². The van der Waals surface area contributed by atoms with Crippen LogP contribution in [-0.4, -0.2) is 140 Å². The molecule has 2 aliphatic rings. The van der Waals surface area contributed by atoms with Crippen molar-refractivity contribution in [1.29, 1.82) is 0 Å². The first-order valence-corrected chi connectivity index (χ1v) is 15.6. The number of rotatable bonds is 7. The maximum atomic E-state index is 13.1. The van der Waals surface area contributed by atoms with E-state index in [1.54, 1.807) is 12.4 Å². The minimum absolute atomic E-state index is 0.0427. The van der Waals surface area contributed by atoms with Gasteiger partial charge in [-0.25, -0.2) is 29.3 Å². The van der Waals surface area contributed by atoms with Crippen LogP contribution in [0.25, 0.3) is 5.52 Å². The van der Waals surface area contributed by atoms with Gasteiger partial charge in [-0.1, -0.05) is 6.07 Å². The highest BCUT2D eigenvalue weighted by molar-refractivity contribution is 5.99. The number of likely N-dealkylation sites (N-methyl/N-ethyl adjacent to an activating group) is 1. The highest BCUT2D eigenvalue weighted by Gasteiger charge is 2.39. The predicted octanol–water partition coefficient (Wildman–Crippen LogP) is 3.73. The van der Waals surface area contributed by atoms with Gasteiger partial charge in [-0.15, -0.1) is 0 Å². The molecule has 2 fully saturated rings. The number of fused-ring (bicyclic) bond motifs is 1. The van der Waals surface area contributed by atoms with E-state index in [4.69, 9.17) is 34.7 Å². The number of carbonyl (C=O) groups excluding carboxylic acids is 1. The second kappa shape index (κ2) is 19.7. The molecule has 0 saturated carbocycles. The Bertz CT molecular complexity index is 1620. The fourth-order valence-corrected chi connectivity index (χ4v) is 4.84. The number of hydrogen-bond acceptors (Lipinski definition) is 10. The first-order chi connectivity index (χ1) is 25.0. The summed E-state index contributed by atoms with van der Waals surface area (Å²) < 4.78 is 97.3. The molecule has 5 heterocycles. The first-order valence-electron chi connectivity index (χ1n) is 15.6. The van der Waals surface area contributed by atoms with Gasteiger partial charge in [0.2, 0.25) is 5.95 Å². The Morgan fingerprint density at radius 2 is 1.31 bits per heavy atom. The van der Waals surface area contributed by atoms with Crippen LogP contribution in [0.2, 0.25) is 0 Å². The van der Waals surface area contributed by atoms with Crippen LogP contribution in [0.15, 0.2) is 42.9 Å². The van der Waals surface area contributed by atoms with Crippen molar-refractivity contribution in [3.63, 3.8) is 0 Å². The number of alkyl halides is 9. The SMILES string of the molecule is CN1CCN(CCCNC(=O)c2nc(C3CCCN3c3ncccn3)n3ccccc23)CC1.O=C(O)C(F)(F)F.O=C(O)C(F)(F)F.O=C(O)C(F)(F)F. The monoisotopic (exact) mass is 790 g/mol. The summed E-state index contributed by atoms with van der Waals surface area (Å²) in [5, 5.41) is 24.5. The highest BCUT2D eigenvalue weighted by atomic mass is 19.4. The molecule has 0 spiro atoms. The standard InChI is InChI=1S/C24H32N8O.3C2HF3O2/c1-29-15-17-30(18-16-29)12-6-11-25-23(33)21-19-7-2-3-13-31(19)22(28-21)20-8-4-14-32(20)24-26-9-5-10-27-24;3*3-2(4,5)1(6)7/h2-3,5,7,9-10,13,20H,4,6,8,11-12,14-18H2,1H3,(H,25,33);3*(H,6,7). The number of halogens is 9. The molecule has 0 aliphatic carbocycles. The van der Waals surface area contributed by atoms with Crippen molar-refractivity contribution in [2.75, 3.05) is 57.8 Å². The Morgan fingerprint density at radius 3 is 1.81 bits per heavy atom. The van der Waals surface area contributed by atoms with E-state index in [2.05, 4.69) is 37.0 Å². The highest BCUT2D eigenvalue weighted by Crippen LogP contribution is 2.34. The number of carbonyl (C=O) groups is 4. The summed E-state index contributed by atoms with van der Waals surface area (Å²) in [5.74, 6) is -6.79. The zero-order valence-corrected chi connectivity index (χ0v) is 28.2. The van der Waals surface area contributed by atoms with Crippen LogP contribution in [0.3, 0.4) is 0 Å². The number of aromatic nitrogens is 4. The Balaban J connectivity index is 0.000000393. The van der Waals surface area contributed by atoms with E-state index >= 15 is 0 Å². The lowest BCUT2D eigenvalue weighted by Gasteiger charge is -2.32. The molecule has 1 amide bonds. The number of piperazine rings is 1. The molecule has 3 aromatic heterocycles. The molecule has 3 aromatic rings. The lowest BCUT2D eigenvalue weighted by molar-refractivity contribution is -0.193. The van der Waals surface area contributed by atoms with Gasteiger partial charge in [0.25, 0.3) is 5.91 Å². The second-order valence-electron chi connectivity index (χ2n) is 11.3. The summed E-state index contributed by atoms with van der Waals surface area (Å²) in [7, 11) is 2.17. The zero-order valence-electron chi connectivity index (χ0n) is 28.2. The number of amides is 1. The molecule has 2 saturated heterocycles. The summed E-state index contributed by atoms with van der Waals surface area (Å²) in [5.41, 5.74) is 1.33. The number of nitrogens with zero attached hydrogens (tertiary/aromatic N) is 7. The van der Waals surface area contributed by atoms with Crippen molar-refractivity contribution in [1.82, 2.24) is 34.5 Å². The zero-order chi connectivity index (χ0) is 40.9. The molecule has 4 N–H and O–H groups in total. The minimum Gasteiger partial charge on any atom is -0.475 e. The molecule has 1 atom stereocenters. The lowest BCUT2D eigenvalue weighted by Crippen LogP contribution is -2.45. The number of pyridine rings is 1. The molecule has 5 rings (SSSR count). The average molecular weight is 791 g/mol. The summed E-state index contributed by atoms with van der Waals surface area (Å²) in [4.78, 5) is 60.5. The van der Waals surface area contributed by atoms with Gasteiger partial charge < -0.3 is 39.7 Å².